The molecule has 2 nitrogen and oxygen atoms in total. The van der Waals surface area contributed by atoms with Crippen LogP contribution in [0.25, 0.3) is 0 Å². The molecule has 4 unspecified atom stereocenters. The summed E-state index contributed by atoms with van der Waals surface area (Å²) >= 11 is 0. The molecule has 0 amide bonds. The second kappa shape index (κ2) is 8.47. The number of aliphatic hydroxyl groups is 1. The predicted octanol–water partition coefficient (Wildman–Crippen LogP) is 3.98. The zero-order chi connectivity index (χ0) is 14.3. The second-order valence-corrected chi connectivity index (χ2v) is 5.70. The molecule has 0 saturated carbocycles. The van der Waals surface area contributed by atoms with Crippen molar-refractivity contribution in [1.82, 2.24) is 0 Å². The minimum Gasteiger partial charge on any atom is -0.392 e. The van der Waals surface area contributed by atoms with Gasteiger partial charge in [0.25, 0.3) is 0 Å². The molecule has 0 aromatic rings. The summed E-state index contributed by atoms with van der Waals surface area (Å²) in [6, 6.07) is 0. The number of carbonyl (C=O) groups excluding carboxylic acids is 1. The first-order valence-corrected chi connectivity index (χ1v) is 7.23. The number of hydrogen-bond donors (Lipinski definition) is 1. The fraction of sp³-hybridized carbons (Fsp3) is 0.812. The minimum absolute atomic E-state index is 0.0413. The van der Waals surface area contributed by atoms with E-state index in [2.05, 4.69) is 20.8 Å². The van der Waals surface area contributed by atoms with E-state index in [4.69, 9.17) is 0 Å². The highest BCUT2D eigenvalue weighted by atomic mass is 16.3. The molecule has 18 heavy (non-hydrogen) atoms. The van der Waals surface area contributed by atoms with Crippen LogP contribution in [0.4, 0.5) is 0 Å². The Labute approximate surface area is 112 Å². The Balaban J connectivity index is 4.49. The Kier molecular flexibility index (Phi) is 8.17. The van der Waals surface area contributed by atoms with Crippen molar-refractivity contribution in [1.29, 1.82) is 0 Å². The molecule has 0 aromatic heterocycles. The summed E-state index contributed by atoms with van der Waals surface area (Å²) < 4.78 is 0. The van der Waals surface area contributed by atoms with Crippen LogP contribution < -0.4 is 0 Å². The molecule has 0 aliphatic rings. The lowest BCUT2D eigenvalue weighted by molar-refractivity contribution is -0.115. The Morgan fingerprint density at radius 2 is 1.78 bits per heavy atom. The number of hydrogen-bond acceptors (Lipinski definition) is 2. The van der Waals surface area contributed by atoms with Crippen molar-refractivity contribution >= 4 is 5.78 Å². The zero-order valence-corrected chi connectivity index (χ0v) is 12.9. The molecule has 0 heterocycles. The predicted molar refractivity (Wildman–Crippen MR) is 77.5 cm³/mol. The Bertz CT molecular complexity index is 281. The molecule has 0 radical (unpaired) electrons. The maximum atomic E-state index is 11.5. The van der Waals surface area contributed by atoms with Gasteiger partial charge in [0.15, 0.2) is 5.78 Å². The van der Waals surface area contributed by atoms with Crippen molar-refractivity contribution in [3.05, 3.63) is 11.6 Å². The zero-order valence-electron chi connectivity index (χ0n) is 12.9. The van der Waals surface area contributed by atoms with Gasteiger partial charge in [0.2, 0.25) is 0 Å². The topological polar surface area (TPSA) is 37.3 Å². The number of aliphatic hydroxyl groups excluding tert-OH is 1. The first-order valence-electron chi connectivity index (χ1n) is 7.23. The third-order valence-electron chi connectivity index (χ3n) is 3.87. The van der Waals surface area contributed by atoms with Crippen LogP contribution in [-0.2, 0) is 4.79 Å². The third kappa shape index (κ3) is 5.81. The average molecular weight is 254 g/mol. The smallest absolute Gasteiger partial charge is 0.157 e. The molecule has 2 heteroatoms. The van der Waals surface area contributed by atoms with Gasteiger partial charge in [-0.15, -0.1) is 0 Å². The molecule has 0 saturated heterocycles. The van der Waals surface area contributed by atoms with Crippen LogP contribution in [0.15, 0.2) is 11.6 Å². The first kappa shape index (κ1) is 17.4. The van der Waals surface area contributed by atoms with Gasteiger partial charge in [-0.05, 0) is 30.8 Å². The van der Waals surface area contributed by atoms with Gasteiger partial charge in [0.1, 0.15) is 0 Å². The van der Waals surface area contributed by atoms with Crippen molar-refractivity contribution < 1.29 is 9.90 Å². The van der Waals surface area contributed by atoms with Crippen LogP contribution >= 0.6 is 0 Å². The fourth-order valence-electron chi connectivity index (χ4n) is 2.32. The normalized spacial score (nSPS) is 19.2. The van der Waals surface area contributed by atoms with Crippen molar-refractivity contribution in [2.24, 2.45) is 17.8 Å². The van der Waals surface area contributed by atoms with Crippen molar-refractivity contribution in [2.45, 2.75) is 66.9 Å². The highest BCUT2D eigenvalue weighted by molar-refractivity contribution is 5.94. The Morgan fingerprint density at radius 1 is 1.22 bits per heavy atom. The lowest BCUT2D eigenvalue weighted by Gasteiger charge is -2.25. The first-order chi connectivity index (χ1) is 8.33. The van der Waals surface area contributed by atoms with Gasteiger partial charge in [-0.1, -0.05) is 47.1 Å². The summed E-state index contributed by atoms with van der Waals surface area (Å²) in [7, 11) is 0. The van der Waals surface area contributed by atoms with Gasteiger partial charge >= 0.3 is 0 Å². The van der Waals surface area contributed by atoms with E-state index in [1.807, 2.05) is 26.8 Å². The molecule has 0 rings (SSSR count). The van der Waals surface area contributed by atoms with Crippen molar-refractivity contribution in [2.75, 3.05) is 0 Å². The standard InChI is InChI=1S/C16H30O2/c1-7-11(3)9-13(5)16(18)14(6)10-12(4)15(17)8-2/h10-11,13-14,16,18H,7-9H2,1-6H3. The summed E-state index contributed by atoms with van der Waals surface area (Å²) in [6.07, 6.45) is 4.28. The lowest BCUT2D eigenvalue weighted by Crippen LogP contribution is -2.26. The molecule has 106 valence electrons. The summed E-state index contributed by atoms with van der Waals surface area (Å²) in [4.78, 5) is 11.5. The molecular weight excluding hydrogens is 224 g/mol. The van der Waals surface area contributed by atoms with Crippen LogP contribution in [0.3, 0.4) is 0 Å². The van der Waals surface area contributed by atoms with Crippen LogP contribution in [0, 0.1) is 17.8 Å². The van der Waals surface area contributed by atoms with Crippen LogP contribution in [0.5, 0.6) is 0 Å². The molecule has 0 aliphatic carbocycles. The Hall–Kier alpha value is -0.630. The van der Waals surface area contributed by atoms with Gasteiger partial charge in [-0.25, -0.2) is 0 Å². The van der Waals surface area contributed by atoms with E-state index in [1.165, 1.54) is 0 Å². The van der Waals surface area contributed by atoms with Crippen molar-refractivity contribution in [3.8, 4) is 0 Å². The molecule has 4 atom stereocenters. The van der Waals surface area contributed by atoms with Crippen LogP contribution in [0.2, 0.25) is 0 Å². The van der Waals surface area contributed by atoms with Gasteiger partial charge < -0.3 is 5.11 Å². The van der Waals surface area contributed by atoms with E-state index < -0.39 is 0 Å². The summed E-state index contributed by atoms with van der Waals surface area (Å²) in [5, 5.41) is 10.3. The van der Waals surface area contributed by atoms with E-state index >= 15 is 0 Å². The third-order valence-corrected chi connectivity index (χ3v) is 3.87. The van der Waals surface area contributed by atoms with E-state index in [9.17, 15) is 9.90 Å². The highest BCUT2D eigenvalue weighted by Crippen LogP contribution is 2.23. The summed E-state index contributed by atoms with van der Waals surface area (Å²) in [6.45, 7) is 12.2. The monoisotopic (exact) mass is 254 g/mol. The van der Waals surface area contributed by atoms with E-state index in [-0.39, 0.29) is 23.7 Å². The Morgan fingerprint density at radius 3 is 2.22 bits per heavy atom. The number of Topliss-reactive ketones (excluding diaryl/α,β-unsaturated/α-hetero) is 1. The summed E-state index contributed by atoms with van der Waals surface area (Å²) in [5.74, 6) is 1.13. The summed E-state index contributed by atoms with van der Waals surface area (Å²) in [5.41, 5.74) is 0.778. The minimum atomic E-state index is -0.362. The van der Waals surface area contributed by atoms with Crippen molar-refractivity contribution in [3.63, 3.8) is 0 Å². The van der Waals surface area contributed by atoms with Crippen LogP contribution in [-0.4, -0.2) is 17.0 Å². The van der Waals surface area contributed by atoms with E-state index in [0.717, 1.165) is 18.4 Å². The molecule has 0 fully saturated rings. The van der Waals surface area contributed by atoms with Crippen LogP contribution in [0.1, 0.15) is 60.8 Å². The molecule has 1 N–H and O–H groups in total. The van der Waals surface area contributed by atoms with E-state index in [0.29, 0.717) is 12.3 Å². The van der Waals surface area contributed by atoms with Gasteiger partial charge in [-0.3, -0.25) is 4.79 Å². The fourth-order valence-corrected chi connectivity index (χ4v) is 2.32. The maximum absolute atomic E-state index is 11.5. The second-order valence-electron chi connectivity index (χ2n) is 5.70. The molecule has 0 spiro atoms. The average Bonchev–Trinajstić information content (AvgIpc) is 2.35. The molecule has 0 aliphatic heterocycles. The number of allylic oxidation sites excluding steroid dienone is 1. The largest absolute Gasteiger partial charge is 0.392 e. The maximum Gasteiger partial charge on any atom is 0.157 e. The molecule has 0 bridgehead atoms. The van der Waals surface area contributed by atoms with E-state index in [1.54, 1.807) is 0 Å². The van der Waals surface area contributed by atoms with Gasteiger partial charge in [0, 0.05) is 12.3 Å². The lowest BCUT2D eigenvalue weighted by atomic mass is 9.85. The number of ketones is 1. The number of carbonyl (C=O) groups is 1. The highest BCUT2D eigenvalue weighted by Gasteiger charge is 2.21. The van der Waals surface area contributed by atoms with Gasteiger partial charge in [0.05, 0.1) is 6.10 Å². The number of rotatable bonds is 8. The SMILES string of the molecule is CCC(=O)C(C)=CC(C)C(O)C(C)CC(C)CC. The van der Waals surface area contributed by atoms with Gasteiger partial charge in [-0.2, -0.15) is 0 Å². The molecular formula is C16H30O2. The quantitative estimate of drug-likeness (QED) is 0.665. The molecule has 0 aromatic carbocycles.